The van der Waals surface area contributed by atoms with E-state index in [1.807, 2.05) is 39.0 Å². The lowest BCUT2D eigenvalue weighted by Crippen LogP contribution is -2.54. The van der Waals surface area contributed by atoms with Gasteiger partial charge in [0, 0.05) is 19.0 Å². The lowest BCUT2D eigenvalue weighted by Gasteiger charge is -2.35. The number of benzene rings is 1. The predicted molar refractivity (Wildman–Crippen MR) is 138 cm³/mol. The fourth-order valence-electron chi connectivity index (χ4n) is 4.08. The second-order valence-electron chi connectivity index (χ2n) is 10.6. The van der Waals surface area contributed by atoms with E-state index in [0.717, 1.165) is 42.4 Å². The fraction of sp³-hybridized carbons (Fsp3) is 0.630. The number of primary amides is 1. The second kappa shape index (κ2) is 12.7. The van der Waals surface area contributed by atoms with Gasteiger partial charge >= 0.3 is 6.09 Å². The van der Waals surface area contributed by atoms with Crippen LogP contribution in [0.3, 0.4) is 0 Å². The average molecular weight is 503 g/mol. The molecule has 0 spiro atoms. The summed E-state index contributed by atoms with van der Waals surface area (Å²) in [5.74, 6) is -1.28. The molecule has 1 aromatic rings. The smallest absolute Gasteiger partial charge is 0.408 e. The number of aryl methyl sites for hydroxylation is 2. The Balaban J connectivity index is 2.45. The third kappa shape index (κ3) is 8.84. The molecule has 1 saturated carbocycles. The van der Waals surface area contributed by atoms with Crippen LogP contribution in [0.4, 0.5) is 4.79 Å². The molecule has 1 aliphatic rings. The number of nitrogens with one attached hydrogen (secondary N) is 2. The van der Waals surface area contributed by atoms with Crippen molar-refractivity contribution in [3.8, 4) is 0 Å². The van der Waals surface area contributed by atoms with E-state index in [9.17, 15) is 19.2 Å². The van der Waals surface area contributed by atoms with Crippen molar-refractivity contribution in [3.05, 3.63) is 34.9 Å². The number of ether oxygens (including phenoxy) is 1. The van der Waals surface area contributed by atoms with Crippen molar-refractivity contribution in [2.45, 2.75) is 104 Å². The van der Waals surface area contributed by atoms with Gasteiger partial charge in [0.2, 0.25) is 17.7 Å². The van der Waals surface area contributed by atoms with E-state index in [1.54, 1.807) is 25.7 Å². The Morgan fingerprint density at radius 3 is 2.36 bits per heavy atom. The van der Waals surface area contributed by atoms with Crippen LogP contribution in [-0.4, -0.2) is 52.9 Å². The number of nitrogens with two attached hydrogens (primary N) is 1. The van der Waals surface area contributed by atoms with Gasteiger partial charge in [-0.25, -0.2) is 4.79 Å². The van der Waals surface area contributed by atoms with Crippen LogP contribution in [0, 0.1) is 13.8 Å². The Morgan fingerprint density at radius 2 is 1.83 bits per heavy atom. The molecule has 9 nitrogen and oxygen atoms in total. The van der Waals surface area contributed by atoms with Gasteiger partial charge in [-0.3, -0.25) is 14.4 Å². The number of carbonyl (C=O) groups is 4. The lowest BCUT2D eigenvalue weighted by atomic mass is 9.96. The van der Waals surface area contributed by atoms with Crippen molar-refractivity contribution < 1.29 is 23.9 Å². The topological polar surface area (TPSA) is 131 Å². The normalized spacial score (nSPS) is 14.9. The Labute approximate surface area is 214 Å². The van der Waals surface area contributed by atoms with E-state index in [0.29, 0.717) is 6.54 Å². The second-order valence-corrected chi connectivity index (χ2v) is 10.6. The molecule has 200 valence electrons. The summed E-state index contributed by atoms with van der Waals surface area (Å²) in [5.41, 5.74) is 7.28. The summed E-state index contributed by atoms with van der Waals surface area (Å²) in [7, 11) is 0. The first-order chi connectivity index (χ1) is 16.8. The maximum absolute atomic E-state index is 14.0. The first kappa shape index (κ1) is 29.1. The molecule has 0 radical (unpaired) electrons. The van der Waals surface area contributed by atoms with Crippen LogP contribution in [0.25, 0.3) is 0 Å². The zero-order valence-corrected chi connectivity index (χ0v) is 22.5. The molecule has 0 aliphatic heterocycles. The Morgan fingerprint density at radius 1 is 1.17 bits per heavy atom. The number of hydrogen-bond acceptors (Lipinski definition) is 5. The van der Waals surface area contributed by atoms with Crippen LogP contribution in [0.15, 0.2) is 18.2 Å². The third-order valence-corrected chi connectivity index (χ3v) is 5.94. The van der Waals surface area contributed by atoms with Crippen molar-refractivity contribution in [1.82, 2.24) is 15.5 Å². The van der Waals surface area contributed by atoms with Crippen molar-refractivity contribution >= 4 is 23.8 Å². The number of rotatable bonds is 12. The van der Waals surface area contributed by atoms with E-state index in [4.69, 9.17) is 10.5 Å². The van der Waals surface area contributed by atoms with Crippen molar-refractivity contribution in [2.24, 2.45) is 5.73 Å². The summed E-state index contributed by atoms with van der Waals surface area (Å²) in [6.45, 7) is 11.6. The first-order valence-corrected chi connectivity index (χ1v) is 12.8. The highest BCUT2D eigenvalue weighted by atomic mass is 16.6. The lowest BCUT2D eigenvalue weighted by molar-refractivity contribution is -0.143. The summed E-state index contributed by atoms with van der Waals surface area (Å²) in [6.07, 6.45) is 2.40. The van der Waals surface area contributed by atoms with E-state index in [-0.39, 0.29) is 24.8 Å². The van der Waals surface area contributed by atoms with Crippen LogP contribution in [-0.2, 0) is 19.1 Å². The SMILES string of the molecule is CCCCNC(=O)C(c1ccc(C)cc1C)N(C(=O)C(CCC(N)=O)NC(=O)OC(C)(C)C)C1CC1. The monoisotopic (exact) mass is 502 g/mol. The van der Waals surface area contributed by atoms with Gasteiger partial charge in [0.25, 0.3) is 0 Å². The van der Waals surface area contributed by atoms with Crippen LogP contribution in [0.2, 0.25) is 0 Å². The van der Waals surface area contributed by atoms with Crippen LogP contribution in [0.5, 0.6) is 0 Å². The van der Waals surface area contributed by atoms with Gasteiger partial charge in [0.15, 0.2) is 0 Å². The predicted octanol–water partition coefficient (Wildman–Crippen LogP) is 3.41. The molecule has 1 fully saturated rings. The standard InChI is InChI=1S/C27H42N4O5/c1-7-8-15-29-24(33)23(20-12-9-17(2)16-18(20)3)31(19-10-11-19)25(34)21(13-14-22(28)32)30-26(35)36-27(4,5)6/h9,12,16,19,21,23H,7-8,10-11,13-15H2,1-6H3,(H2,28,32)(H,29,33)(H,30,35). The average Bonchev–Trinajstić information content (AvgIpc) is 3.59. The Kier molecular flexibility index (Phi) is 10.3. The molecular formula is C27H42N4O5. The van der Waals surface area contributed by atoms with Crippen LogP contribution < -0.4 is 16.4 Å². The summed E-state index contributed by atoms with van der Waals surface area (Å²) in [4.78, 5) is 53.2. The molecular weight excluding hydrogens is 460 g/mol. The minimum Gasteiger partial charge on any atom is -0.444 e. The van der Waals surface area contributed by atoms with Gasteiger partial charge in [-0.15, -0.1) is 0 Å². The quantitative estimate of drug-likeness (QED) is 0.377. The molecule has 0 saturated heterocycles. The van der Waals surface area contributed by atoms with Crippen LogP contribution >= 0.6 is 0 Å². The van der Waals surface area contributed by atoms with Gasteiger partial charge in [0.05, 0.1) is 0 Å². The van der Waals surface area contributed by atoms with Gasteiger partial charge in [0.1, 0.15) is 17.7 Å². The molecule has 0 aromatic heterocycles. The zero-order valence-electron chi connectivity index (χ0n) is 22.5. The molecule has 36 heavy (non-hydrogen) atoms. The molecule has 2 unspecified atom stereocenters. The maximum Gasteiger partial charge on any atom is 0.408 e. The van der Waals surface area contributed by atoms with Crippen molar-refractivity contribution in [2.75, 3.05) is 6.54 Å². The van der Waals surface area contributed by atoms with Gasteiger partial charge in [-0.2, -0.15) is 0 Å². The zero-order chi connectivity index (χ0) is 27.0. The molecule has 4 N–H and O–H groups in total. The first-order valence-electron chi connectivity index (χ1n) is 12.8. The van der Waals surface area contributed by atoms with E-state index < -0.39 is 35.6 Å². The molecule has 9 heteroatoms. The highest BCUT2D eigenvalue weighted by Crippen LogP contribution is 2.37. The van der Waals surface area contributed by atoms with Crippen LogP contribution in [0.1, 0.15) is 89.0 Å². The molecule has 4 amide bonds. The van der Waals surface area contributed by atoms with Crippen molar-refractivity contribution in [3.63, 3.8) is 0 Å². The van der Waals surface area contributed by atoms with Crippen molar-refractivity contribution in [1.29, 1.82) is 0 Å². The molecule has 0 heterocycles. The molecule has 2 rings (SSSR count). The van der Waals surface area contributed by atoms with E-state index in [2.05, 4.69) is 10.6 Å². The molecule has 1 aliphatic carbocycles. The van der Waals surface area contributed by atoms with Gasteiger partial charge in [-0.1, -0.05) is 37.1 Å². The Bertz CT molecular complexity index is 952. The van der Waals surface area contributed by atoms with E-state index in [1.165, 1.54) is 0 Å². The number of hydrogen-bond donors (Lipinski definition) is 3. The third-order valence-electron chi connectivity index (χ3n) is 5.94. The summed E-state index contributed by atoms with van der Waals surface area (Å²) < 4.78 is 5.36. The van der Waals surface area contributed by atoms with E-state index >= 15 is 0 Å². The number of unbranched alkanes of at least 4 members (excludes halogenated alkanes) is 1. The number of nitrogens with zero attached hydrogens (tertiary/aromatic N) is 1. The minimum atomic E-state index is -1.07. The minimum absolute atomic E-state index is 0.00762. The van der Waals surface area contributed by atoms with Gasteiger partial charge in [-0.05, 0) is 71.4 Å². The van der Waals surface area contributed by atoms with Gasteiger partial charge < -0.3 is 26.0 Å². The fourth-order valence-corrected chi connectivity index (χ4v) is 4.08. The number of alkyl carbamates (subject to hydrolysis) is 1. The highest BCUT2D eigenvalue weighted by Gasteiger charge is 2.44. The number of carbonyl (C=O) groups excluding carboxylic acids is 4. The Hall–Kier alpha value is -3.10. The maximum atomic E-state index is 14.0. The largest absolute Gasteiger partial charge is 0.444 e. The summed E-state index contributed by atoms with van der Waals surface area (Å²) >= 11 is 0. The molecule has 0 bridgehead atoms. The molecule has 1 aromatic carbocycles. The highest BCUT2D eigenvalue weighted by molar-refractivity contribution is 5.93. The number of amides is 4. The molecule has 2 atom stereocenters. The summed E-state index contributed by atoms with van der Waals surface area (Å²) in [6, 6.07) is 3.73. The summed E-state index contributed by atoms with van der Waals surface area (Å²) in [5, 5.41) is 5.61.